The smallest absolute Gasteiger partial charge is 0.270 e. The Morgan fingerprint density at radius 2 is 1.93 bits per heavy atom. The number of amides is 2. The Bertz CT molecular complexity index is 1090. The average Bonchev–Trinajstić information content (AvgIpc) is 3.02. The van der Waals surface area contributed by atoms with Crippen LogP contribution in [0.4, 0.5) is 0 Å². The lowest BCUT2D eigenvalue weighted by molar-refractivity contribution is -0.121. The quantitative estimate of drug-likeness (QED) is 0.571. The highest BCUT2D eigenvalue weighted by Crippen LogP contribution is 2.30. The summed E-state index contributed by atoms with van der Waals surface area (Å²) in [4.78, 5) is 29.1. The van der Waals surface area contributed by atoms with Crippen molar-refractivity contribution >= 4 is 38.8 Å². The summed E-state index contributed by atoms with van der Waals surface area (Å²) in [6, 6.07) is 6.99. The van der Waals surface area contributed by atoms with Gasteiger partial charge in [0.2, 0.25) is 11.8 Å². The highest BCUT2D eigenvalue weighted by atomic mass is 79.9. The fourth-order valence-electron chi connectivity index (χ4n) is 3.25. The predicted molar refractivity (Wildman–Crippen MR) is 113 cm³/mol. The molecule has 8 nitrogen and oxygen atoms in total. The van der Waals surface area contributed by atoms with E-state index < -0.39 is 0 Å². The number of halogens is 1. The number of ether oxygens (including phenoxy) is 1. The van der Waals surface area contributed by atoms with E-state index in [1.54, 1.807) is 30.0 Å². The molecule has 9 heteroatoms. The van der Waals surface area contributed by atoms with E-state index in [1.807, 2.05) is 27.0 Å². The third-order valence-corrected chi connectivity index (χ3v) is 5.44. The molecule has 0 atom stereocenters. The van der Waals surface area contributed by atoms with Crippen molar-refractivity contribution in [2.45, 2.75) is 26.7 Å². The van der Waals surface area contributed by atoms with Gasteiger partial charge in [0, 0.05) is 23.6 Å². The normalized spacial score (nSPS) is 10.8. The minimum absolute atomic E-state index is 0.202. The molecular weight excluding hydrogens is 438 g/mol. The number of rotatable bonds is 5. The van der Waals surface area contributed by atoms with Gasteiger partial charge in [0.05, 0.1) is 18.1 Å². The highest BCUT2D eigenvalue weighted by molar-refractivity contribution is 9.10. The van der Waals surface area contributed by atoms with Gasteiger partial charge in [0.25, 0.3) is 5.91 Å². The van der Waals surface area contributed by atoms with Crippen molar-refractivity contribution in [1.82, 2.24) is 25.6 Å². The summed E-state index contributed by atoms with van der Waals surface area (Å²) in [5, 5.41) is 5.18. The van der Waals surface area contributed by atoms with E-state index in [-0.39, 0.29) is 18.2 Å². The number of hydrogen-bond acceptors (Lipinski definition) is 5. The number of benzene rings is 1. The zero-order valence-corrected chi connectivity index (χ0v) is 18.3. The molecule has 1 aromatic carbocycles. The molecule has 0 fully saturated rings. The molecule has 0 aliphatic carbocycles. The maximum atomic E-state index is 12.3. The maximum absolute atomic E-state index is 12.3. The summed E-state index contributed by atoms with van der Waals surface area (Å²) in [6.45, 7) is 3.89. The van der Waals surface area contributed by atoms with Crippen molar-refractivity contribution in [3.05, 3.63) is 51.1 Å². The summed E-state index contributed by atoms with van der Waals surface area (Å²) in [5.74, 6) is -0.164. The largest absolute Gasteiger partial charge is 0.479 e. The molecule has 152 valence electrons. The molecule has 0 unspecified atom stereocenters. The van der Waals surface area contributed by atoms with Gasteiger partial charge in [-0.25, -0.2) is 9.67 Å². The van der Waals surface area contributed by atoms with Gasteiger partial charge in [-0.3, -0.25) is 20.4 Å². The van der Waals surface area contributed by atoms with E-state index in [0.717, 1.165) is 27.9 Å². The number of carbonyl (C=O) groups excluding carboxylic acids is 2. The van der Waals surface area contributed by atoms with Gasteiger partial charge in [-0.1, -0.05) is 12.1 Å². The Hall–Kier alpha value is -2.94. The second-order valence-corrected chi connectivity index (χ2v) is 7.47. The van der Waals surface area contributed by atoms with Crippen LogP contribution in [-0.2, 0) is 18.3 Å². The third-order valence-electron chi connectivity index (χ3n) is 4.75. The van der Waals surface area contributed by atoms with Crippen LogP contribution >= 0.6 is 15.9 Å². The standard InChI is InChI=1S/C20H22BrN5O3/c1-11-13(12(2)22-18-17(11)20(29-4)25-26(18)3)9-10-16(27)23-24-19(28)14-7-5-6-8-15(14)21/h5-8H,9-10H2,1-4H3,(H,23,27)(H,24,28). The Balaban J connectivity index is 1.68. The van der Waals surface area contributed by atoms with Crippen LogP contribution in [0.5, 0.6) is 5.88 Å². The number of hydrazine groups is 1. The molecule has 29 heavy (non-hydrogen) atoms. The molecule has 2 N–H and O–H groups in total. The molecule has 3 rings (SSSR count). The lowest BCUT2D eigenvalue weighted by atomic mass is 10.00. The highest BCUT2D eigenvalue weighted by Gasteiger charge is 2.18. The fraction of sp³-hybridized carbons (Fsp3) is 0.300. The van der Waals surface area contributed by atoms with Crippen LogP contribution in [0.1, 0.15) is 33.6 Å². The molecule has 0 aliphatic rings. The van der Waals surface area contributed by atoms with E-state index in [0.29, 0.717) is 22.3 Å². The number of aromatic nitrogens is 3. The molecule has 0 bridgehead atoms. The van der Waals surface area contributed by atoms with Crippen molar-refractivity contribution in [2.75, 3.05) is 7.11 Å². The van der Waals surface area contributed by atoms with E-state index in [4.69, 9.17) is 4.74 Å². The molecule has 0 saturated carbocycles. The number of nitrogens with zero attached hydrogens (tertiary/aromatic N) is 3. The number of methoxy groups -OCH3 is 1. The summed E-state index contributed by atoms with van der Waals surface area (Å²) in [6.07, 6.45) is 0.684. The van der Waals surface area contributed by atoms with Crippen molar-refractivity contribution in [3.8, 4) is 5.88 Å². The Kier molecular flexibility index (Phi) is 6.17. The molecule has 0 aliphatic heterocycles. The number of aryl methyl sites for hydroxylation is 3. The molecular formula is C20H22BrN5O3. The topological polar surface area (TPSA) is 98.1 Å². The van der Waals surface area contributed by atoms with Crippen molar-refractivity contribution in [1.29, 1.82) is 0 Å². The van der Waals surface area contributed by atoms with Gasteiger partial charge in [-0.2, -0.15) is 0 Å². The molecule has 2 heterocycles. The van der Waals surface area contributed by atoms with Crippen LogP contribution in [0, 0.1) is 13.8 Å². The predicted octanol–water partition coefficient (Wildman–Crippen LogP) is 2.75. The van der Waals surface area contributed by atoms with Gasteiger partial charge in [-0.05, 0) is 59.5 Å². The van der Waals surface area contributed by atoms with Crippen molar-refractivity contribution in [3.63, 3.8) is 0 Å². The van der Waals surface area contributed by atoms with Gasteiger partial charge in [0.1, 0.15) is 0 Å². The SMILES string of the molecule is COc1nn(C)c2nc(C)c(CCC(=O)NNC(=O)c3ccccc3Br)c(C)c12. The molecule has 0 radical (unpaired) electrons. The van der Waals surface area contributed by atoms with Crippen LogP contribution < -0.4 is 15.6 Å². The first-order chi connectivity index (χ1) is 13.8. The number of fused-ring (bicyclic) bond motifs is 1. The van der Waals surface area contributed by atoms with Crippen molar-refractivity contribution < 1.29 is 14.3 Å². The summed E-state index contributed by atoms with van der Waals surface area (Å²) < 4.78 is 7.70. The Morgan fingerprint density at radius 1 is 1.21 bits per heavy atom. The minimum Gasteiger partial charge on any atom is -0.479 e. The number of hydrogen-bond donors (Lipinski definition) is 2. The van der Waals surface area contributed by atoms with Crippen LogP contribution in [0.15, 0.2) is 28.7 Å². The van der Waals surface area contributed by atoms with E-state index >= 15 is 0 Å². The molecule has 3 aromatic rings. The first kappa shape index (κ1) is 20.8. The Morgan fingerprint density at radius 3 is 2.62 bits per heavy atom. The first-order valence-electron chi connectivity index (χ1n) is 9.04. The van der Waals surface area contributed by atoms with Crippen LogP contribution in [0.2, 0.25) is 0 Å². The van der Waals surface area contributed by atoms with Crippen molar-refractivity contribution in [2.24, 2.45) is 7.05 Å². The Labute approximate surface area is 176 Å². The summed E-state index contributed by atoms with van der Waals surface area (Å²) in [7, 11) is 3.39. The maximum Gasteiger partial charge on any atom is 0.270 e. The van der Waals surface area contributed by atoms with Gasteiger partial charge < -0.3 is 4.74 Å². The number of carbonyl (C=O) groups is 2. The zero-order valence-electron chi connectivity index (χ0n) is 16.7. The van der Waals surface area contributed by atoms with Gasteiger partial charge >= 0.3 is 0 Å². The van der Waals surface area contributed by atoms with Crippen LogP contribution in [-0.4, -0.2) is 33.7 Å². The van der Waals surface area contributed by atoms with Gasteiger partial charge in [-0.15, -0.1) is 5.10 Å². The zero-order chi connectivity index (χ0) is 21.1. The number of pyridine rings is 1. The lowest BCUT2D eigenvalue weighted by Crippen LogP contribution is -2.41. The number of nitrogens with one attached hydrogen (secondary N) is 2. The summed E-state index contributed by atoms with van der Waals surface area (Å²) >= 11 is 3.32. The van der Waals surface area contributed by atoms with E-state index in [2.05, 4.69) is 36.9 Å². The van der Waals surface area contributed by atoms with Crippen LogP contribution in [0.25, 0.3) is 11.0 Å². The minimum atomic E-state index is -0.388. The molecule has 2 aromatic heterocycles. The second kappa shape index (κ2) is 8.60. The lowest BCUT2D eigenvalue weighted by Gasteiger charge is -2.12. The van der Waals surface area contributed by atoms with E-state index in [1.165, 1.54) is 0 Å². The van der Waals surface area contributed by atoms with E-state index in [9.17, 15) is 9.59 Å². The van der Waals surface area contributed by atoms with Gasteiger partial charge in [0.15, 0.2) is 5.65 Å². The van der Waals surface area contributed by atoms with Crippen LogP contribution in [0.3, 0.4) is 0 Å². The third kappa shape index (κ3) is 4.24. The first-order valence-corrected chi connectivity index (χ1v) is 9.83. The fourth-order valence-corrected chi connectivity index (χ4v) is 3.71. The second-order valence-electron chi connectivity index (χ2n) is 6.61. The molecule has 0 spiro atoms. The average molecular weight is 460 g/mol. The molecule has 2 amide bonds. The molecule has 0 saturated heterocycles. The monoisotopic (exact) mass is 459 g/mol. The summed E-state index contributed by atoms with van der Waals surface area (Å²) in [5.41, 5.74) is 8.88.